The van der Waals surface area contributed by atoms with Crippen molar-refractivity contribution in [1.29, 1.82) is 0 Å². The summed E-state index contributed by atoms with van der Waals surface area (Å²) in [6, 6.07) is 56.5. The van der Waals surface area contributed by atoms with Gasteiger partial charge in [-0.05, 0) is 108 Å². The molecule has 0 unspecified atom stereocenters. The van der Waals surface area contributed by atoms with E-state index in [0.717, 1.165) is 46.3 Å². The van der Waals surface area contributed by atoms with Crippen molar-refractivity contribution in [2.45, 2.75) is 58.0 Å². The zero-order chi connectivity index (χ0) is 50.6. The molecule has 0 aliphatic heterocycles. The highest BCUT2D eigenvalue weighted by Crippen LogP contribution is 2.25. The van der Waals surface area contributed by atoms with Crippen molar-refractivity contribution in [1.82, 2.24) is 15.0 Å². The Balaban J connectivity index is 0.000000209. The summed E-state index contributed by atoms with van der Waals surface area (Å²) in [4.78, 5) is 49.2. The third-order valence-corrected chi connectivity index (χ3v) is 11.0. The Kier molecular flexibility index (Phi) is 23.2. The number of halogens is 4. The smallest absolute Gasteiger partial charge is 0.227 e. The summed E-state index contributed by atoms with van der Waals surface area (Å²) in [6.45, 7) is 2.43. The Hall–Kier alpha value is -7.44. The third-order valence-electron chi connectivity index (χ3n) is 10.4. The van der Waals surface area contributed by atoms with E-state index in [1.165, 1.54) is 12.1 Å². The molecule has 4 N–H and O–H groups in total. The van der Waals surface area contributed by atoms with E-state index >= 15 is 0 Å². The van der Waals surface area contributed by atoms with Crippen molar-refractivity contribution >= 4 is 74.7 Å². The van der Waals surface area contributed by atoms with Crippen molar-refractivity contribution in [2.24, 2.45) is 0 Å². The average molecular weight is 1010 g/mol. The molecule has 71 heavy (non-hydrogen) atoms. The summed E-state index contributed by atoms with van der Waals surface area (Å²) < 4.78 is 13.4. The number of carbonyl (C=O) groups is 3. The topological polar surface area (TPSA) is 143 Å². The van der Waals surface area contributed by atoms with Crippen molar-refractivity contribution in [3.8, 4) is 0 Å². The number of benzene rings is 5. The van der Waals surface area contributed by atoms with Gasteiger partial charge < -0.3 is 21.3 Å². The van der Waals surface area contributed by atoms with Crippen LogP contribution in [0.5, 0.6) is 0 Å². The minimum absolute atomic E-state index is 0.00133. The van der Waals surface area contributed by atoms with E-state index in [1.807, 2.05) is 121 Å². The predicted octanol–water partition coefficient (Wildman–Crippen LogP) is 13.6. The molecule has 0 radical (unpaired) electrons. The van der Waals surface area contributed by atoms with Crippen molar-refractivity contribution in [3.63, 3.8) is 0 Å². The number of nitrogens with zero attached hydrogens (tertiary/aromatic N) is 4. The van der Waals surface area contributed by atoms with Gasteiger partial charge >= 0.3 is 0 Å². The number of carbonyl (C=O) groups excluding carboxylic acids is 3. The number of hydrogen-bond donors (Lipinski definition) is 3. The maximum Gasteiger partial charge on any atom is 0.227 e. The van der Waals surface area contributed by atoms with Crippen LogP contribution in [0.1, 0.15) is 60.0 Å². The first-order chi connectivity index (χ1) is 34.4. The van der Waals surface area contributed by atoms with E-state index in [0.29, 0.717) is 59.7 Å². The number of nitrogens with one attached hydrogen (secondary N) is 2. The lowest BCUT2D eigenvalue weighted by Gasteiger charge is -2.24. The first-order valence-corrected chi connectivity index (χ1v) is 23.9. The number of amides is 2. The van der Waals surface area contributed by atoms with Crippen LogP contribution in [0.15, 0.2) is 201 Å². The summed E-state index contributed by atoms with van der Waals surface area (Å²) in [5.41, 5.74) is 12.8. The van der Waals surface area contributed by atoms with Crippen LogP contribution in [-0.2, 0) is 40.2 Å². The molecule has 8 rings (SSSR count). The Morgan fingerprint density at radius 1 is 0.592 bits per heavy atom. The Bertz CT molecular complexity index is 2820. The standard InChI is InChI=1S/C29H28FN3O.C14H13ClN2O.C9H9ClO.C5H5ClN2/c1-22(25-10-6-3-7-11-25)32-28-20-27(18-19-31-28)33(21-24-12-15-26(30)16-13-24)29(34)17-14-23-8-4-2-5-9-23;15-13-10-12(8-9-16-13)17-14(18)7-6-11-4-2-1-3-5-11;10-9(11)7-6-8-4-2-1-3-5-8;6-5-3-4(7)1-2-8-5/h2-13,15-16,18-20,22H,14,17,21H2,1H3,(H,31,32);1-5,8-10H,6-7H2,(H,16,17,18);1-5H,6-7H2;1-3H,(H2,7,8)/t22-;;;/m0.../s1. The number of rotatable bonds is 16. The predicted molar refractivity (Wildman–Crippen MR) is 287 cm³/mol. The molecule has 364 valence electrons. The lowest BCUT2D eigenvalue weighted by atomic mass is 10.1. The van der Waals surface area contributed by atoms with Crippen LogP contribution in [-0.4, -0.2) is 32.0 Å². The number of aryl methyl sites for hydroxylation is 3. The zero-order valence-electron chi connectivity index (χ0n) is 39.2. The number of anilines is 4. The number of nitrogens with two attached hydrogens (primary N) is 1. The van der Waals surface area contributed by atoms with E-state index in [-0.39, 0.29) is 28.9 Å². The molecule has 2 amide bonds. The Labute approximate surface area is 430 Å². The normalized spacial score (nSPS) is 10.6. The quantitative estimate of drug-likeness (QED) is 0.0641. The fourth-order valence-electron chi connectivity index (χ4n) is 6.75. The maximum absolute atomic E-state index is 13.4. The highest BCUT2D eigenvalue weighted by molar-refractivity contribution is 6.63. The highest BCUT2D eigenvalue weighted by atomic mass is 35.5. The Morgan fingerprint density at radius 2 is 1.10 bits per heavy atom. The molecule has 5 aromatic carbocycles. The van der Waals surface area contributed by atoms with Crippen LogP contribution >= 0.6 is 34.8 Å². The van der Waals surface area contributed by atoms with E-state index in [9.17, 15) is 18.8 Å². The first kappa shape index (κ1) is 54.5. The van der Waals surface area contributed by atoms with E-state index < -0.39 is 0 Å². The number of nitrogen functional groups attached to an aromatic ring is 1. The monoisotopic (exact) mass is 1010 g/mol. The lowest BCUT2D eigenvalue weighted by Crippen LogP contribution is -2.30. The molecule has 0 spiro atoms. The molecular formula is C57H55Cl3FN7O3. The van der Waals surface area contributed by atoms with E-state index in [2.05, 4.69) is 44.6 Å². The van der Waals surface area contributed by atoms with Gasteiger partial charge in [-0.2, -0.15) is 0 Å². The molecule has 1 atom stereocenters. The van der Waals surface area contributed by atoms with Gasteiger partial charge in [-0.25, -0.2) is 19.3 Å². The molecule has 0 saturated heterocycles. The molecule has 0 saturated carbocycles. The molecular weight excluding hydrogens is 956 g/mol. The van der Waals surface area contributed by atoms with Gasteiger partial charge in [0, 0.05) is 67.0 Å². The molecule has 0 aliphatic rings. The molecule has 10 nitrogen and oxygen atoms in total. The van der Waals surface area contributed by atoms with Gasteiger partial charge in [0.05, 0.1) is 6.54 Å². The number of pyridine rings is 3. The minimum Gasteiger partial charge on any atom is -0.399 e. The third kappa shape index (κ3) is 21.4. The fraction of sp³-hybridized carbons (Fsp3) is 0.158. The molecule has 0 aliphatic carbocycles. The van der Waals surface area contributed by atoms with Gasteiger partial charge in [0.25, 0.3) is 0 Å². The van der Waals surface area contributed by atoms with Gasteiger partial charge in [-0.3, -0.25) is 14.4 Å². The zero-order valence-corrected chi connectivity index (χ0v) is 41.5. The van der Waals surface area contributed by atoms with Crippen LogP contribution in [0, 0.1) is 5.82 Å². The number of hydrogen-bond acceptors (Lipinski definition) is 8. The van der Waals surface area contributed by atoms with Gasteiger partial charge in [-0.1, -0.05) is 157 Å². The fourth-order valence-corrected chi connectivity index (χ4v) is 7.20. The summed E-state index contributed by atoms with van der Waals surface area (Å²) in [5, 5.41) is 6.75. The van der Waals surface area contributed by atoms with Crippen LogP contribution in [0.3, 0.4) is 0 Å². The summed E-state index contributed by atoms with van der Waals surface area (Å²) in [5.74, 6) is 0.368. The molecule has 14 heteroatoms. The van der Waals surface area contributed by atoms with Gasteiger partial charge in [0.1, 0.15) is 21.9 Å². The van der Waals surface area contributed by atoms with Gasteiger partial charge in [0.2, 0.25) is 17.1 Å². The minimum atomic E-state index is -0.295. The van der Waals surface area contributed by atoms with Gasteiger partial charge in [-0.15, -0.1) is 0 Å². The van der Waals surface area contributed by atoms with Crippen molar-refractivity contribution < 1.29 is 18.8 Å². The summed E-state index contributed by atoms with van der Waals surface area (Å²) in [7, 11) is 0. The van der Waals surface area contributed by atoms with E-state index in [1.54, 1.807) is 59.9 Å². The van der Waals surface area contributed by atoms with Crippen LogP contribution in [0.2, 0.25) is 10.3 Å². The SMILES string of the molecule is C[C@H](Nc1cc(N(Cc2ccc(F)cc2)C(=O)CCc2ccccc2)ccn1)c1ccccc1.Nc1ccnc(Cl)c1.O=C(CCc1ccccc1)Nc1ccnc(Cl)c1.O=C(Cl)CCc1ccccc1. The summed E-state index contributed by atoms with van der Waals surface area (Å²) in [6.07, 6.45) is 8.20. The van der Waals surface area contributed by atoms with E-state index in [4.69, 9.17) is 40.5 Å². The second-order valence-corrected chi connectivity index (χ2v) is 17.1. The van der Waals surface area contributed by atoms with Crippen molar-refractivity contribution in [3.05, 3.63) is 245 Å². The second kappa shape index (κ2) is 30.2. The molecule has 0 fully saturated rings. The molecule has 3 aromatic heterocycles. The van der Waals surface area contributed by atoms with Crippen LogP contribution in [0.4, 0.5) is 27.3 Å². The number of aromatic nitrogens is 3. The van der Waals surface area contributed by atoms with Crippen LogP contribution < -0.4 is 21.3 Å². The first-order valence-electron chi connectivity index (χ1n) is 22.8. The lowest BCUT2D eigenvalue weighted by molar-refractivity contribution is -0.119. The summed E-state index contributed by atoms with van der Waals surface area (Å²) >= 11 is 16.4. The average Bonchev–Trinajstić information content (AvgIpc) is 3.38. The molecule has 3 heterocycles. The maximum atomic E-state index is 13.4. The largest absolute Gasteiger partial charge is 0.399 e. The van der Waals surface area contributed by atoms with Gasteiger partial charge in [0.15, 0.2) is 0 Å². The van der Waals surface area contributed by atoms with Crippen molar-refractivity contribution in [2.75, 3.05) is 21.3 Å². The van der Waals surface area contributed by atoms with Crippen LogP contribution in [0.25, 0.3) is 0 Å². The Morgan fingerprint density at radius 3 is 1.62 bits per heavy atom. The highest BCUT2D eigenvalue weighted by Gasteiger charge is 2.18. The molecule has 8 aromatic rings. The molecule has 0 bridgehead atoms. The second-order valence-electron chi connectivity index (χ2n) is 15.9.